The van der Waals surface area contributed by atoms with Crippen LogP contribution in [0.25, 0.3) is 10.9 Å². The number of aromatic nitrogens is 1. The fraction of sp³-hybridized carbons (Fsp3) is 0.273. The molecule has 1 atom stereocenters. The first kappa shape index (κ1) is 20.9. The molecule has 1 aromatic heterocycles. The third-order valence-corrected chi connectivity index (χ3v) is 4.88. The molecule has 1 amide bonds. The zero-order valence-corrected chi connectivity index (χ0v) is 18.2. The molecular formula is C22H24BrN3O3. The summed E-state index contributed by atoms with van der Waals surface area (Å²) in [5.74, 6) is 0. The SMILES string of the molecule is CC(C)(C)OC(=O)NCC(c1c(Br)[nH]c2ccccc12)/[N+]([O-])=C\c1ccccc1. The van der Waals surface area contributed by atoms with Gasteiger partial charge in [-0.05, 0) is 54.9 Å². The van der Waals surface area contributed by atoms with Crippen LogP contribution in [0.5, 0.6) is 0 Å². The Morgan fingerprint density at radius 2 is 1.86 bits per heavy atom. The summed E-state index contributed by atoms with van der Waals surface area (Å²) in [6, 6.07) is 16.4. The summed E-state index contributed by atoms with van der Waals surface area (Å²) in [7, 11) is 0. The van der Waals surface area contributed by atoms with Crippen molar-refractivity contribution >= 4 is 39.1 Å². The lowest BCUT2D eigenvalue weighted by Crippen LogP contribution is -2.36. The minimum atomic E-state index is -0.659. The number of hydrogen-bond donors (Lipinski definition) is 2. The normalized spacial score (nSPS) is 13.3. The molecule has 152 valence electrons. The predicted octanol–water partition coefficient (Wildman–Crippen LogP) is 5.13. The number of alkyl carbamates (subject to hydrolysis) is 1. The average Bonchev–Trinajstić information content (AvgIpc) is 2.97. The third kappa shape index (κ3) is 5.38. The van der Waals surface area contributed by atoms with E-state index in [4.69, 9.17) is 4.74 Å². The van der Waals surface area contributed by atoms with Crippen molar-refractivity contribution in [3.63, 3.8) is 0 Å². The summed E-state index contributed by atoms with van der Waals surface area (Å²) < 4.78 is 6.89. The number of benzene rings is 2. The van der Waals surface area contributed by atoms with E-state index in [0.29, 0.717) is 4.60 Å². The van der Waals surface area contributed by atoms with E-state index in [0.717, 1.165) is 26.8 Å². The first-order valence-electron chi connectivity index (χ1n) is 9.33. The molecule has 29 heavy (non-hydrogen) atoms. The van der Waals surface area contributed by atoms with E-state index in [9.17, 15) is 10.0 Å². The maximum atomic E-state index is 13.1. The van der Waals surface area contributed by atoms with Crippen molar-refractivity contribution in [1.82, 2.24) is 10.3 Å². The Morgan fingerprint density at radius 3 is 2.55 bits per heavy atom. The van der Waals surface area contributed by atoms with Gasteiger partial charge < -0.3 is 20.2 Å². The lowest BCUT2D eigenvalue weighted by atomic mass is 10.1. The summed E-state index contributed by atoms with van der Waals surface area (Å²) in [5, 5.41) is 16.8. The number of rotatable bonds is 5. The highest BCUT2D eigenvalue weighted by molar-refractivity contribution is 9.10. The van der Waals surface area contributed by atoms with Gasteiger partial charge in [0.05, 0.1) is 16.7 Å². The molecule has 2 N–H and O–H groups in total. The van der Waals surface area contributed by atoms with Crippen molar-refractivity contribution in [2.75, 3.05) is 6.54 Å². The topological polar surface area (TPSA) is 80.2 Å². The van der Waals surface area contributed by atoms with Crippen LogP contribution in [0.4, 0.5) is 4.79 Å². The smallest absolute Gasteiger partial charge is 0.407 e. The van der Waals surface area contributed by atoms with Crippen molar-refractivity contribution in [3.05, 3.63) is 75.5 Å². The number of nitrogens with zero attached hydrogens (tertiary/aromatic N) is 1. The minimum absolute atomic E-state index is 0.0855. The third-order valence-electron chi connectivity index (χ3n) is 4.25. The first-order valence-corrected chi connectivity index (χ1v) is 10.1. The van der Waals surface area contributed by atoms with E-state index >= 15 is 0 Å². The Kier molecular flexibility index (Phi) is 6.27. The molecule has 0 saturated heterocycles. The summed E-state index contributed by atoms with van der Waals surface area (Å²) >= 11 is 3.54. The Morgan fingerprint density at radius 1 is 1.21 bits per heavy atom. The van der Waals surface area contributed by atoms with Crippen LogP contribution in [-0.2, 0) is 4.74 Å². The molecule has 0 radical (unpaired) electrons. The highest BCUT2D eigenvalue weighted by Crippen LogP contribution is 2.33. The van der Waals surface area contributed by atoms with E-state index < -0.39 is 17.7 Å². The van der Waals surface area contributed by atoms with Crippen molar-refractivity contribution in [2.24, 2.45) is 0 Å². The van der Waals surface area contributed by atoms with Gasteiger partial charge in [0.15, 0.2) is 6.21 Å². The molecule has 0 aliphatic carbocycles. The van der Waals surface area contributed by atoms with E-state index in [-0.39, 0.29) is 6.54 Å². The van der Waals surface area contributed by atoms with E-state index in [1.807, 2.05) is 54.6 Å². The number of hydrogen-bond acceptors (Lipinski definition) is 3. The van der Waals surface area contributed by atoms with Gasteiger partial charge in [0.1, 0.15) is 5.60 Å². The number of aromatic amines is 1. The highest BCUT2D eigenvalue weighted by Gasteiger charge is 2.28. The van der Waals surface area contributed by atoms with Gasteiger partial charge in [0.25, 0.3) is 0 Å². The molecule has 0 spiro atoms. The number of nitrogens with one attached hydrogen (secondary N) is 2. The van der Waals surface area contributed by atoms with Gasteiger partial charge >= 0.3 is 6.09 Å². The second-order valence-corrected chi connectivity index (χ2v) is 8.49. The first-order chi connectivity index (χ1) is 13.7. The van der Waals surface area contributed by atoms with Crippen molar-refractivity contribution in [1.29, 1.82) is 0 Å². The molecule has 3 aromatic rings. The number of halogens is 1. The van der Waals surface area contributed by atoms with Crippen LogP contribution < -0.4 is 5.32 Å². The van der Waals surface area contributed by atoms with Crippen LogP contribution in [-0.4, -0.2) is 34.2 Å². The Balaban J connectivity index is 1.96. The molecule has 1 unspecified atom stereocenters. The van der Waals surface area contributed by atoms with Crippen molar-refractivity contribution < 1.29 is 14.3 Å². The van der Waals surface area contributed by atoms with Gasteiger partial charge in [0.2, 0.25) is 6.04 Å². The zero-order chi connectivity index (χ0) is 21.0. The molecule has 7 heteroatoms. The Hall–Kier alpha value is -2.80. The maximum Gasteiger partial charge on any atom is 0.407 e. The molecule has 1 heterocycles. The number of ether oxygens (including phenoxy) is 1. The van der Waals surface area contributed by atoms with Crippen LogP contribution in [0.2, 0.25) is 0 Å². The van der Waals surface area contributed by atoms with Crippen LogP contribution in [0.3, 0.4) is 0 Å². The van der Waals surface area contributed by atoms with Crippen molar-refractivity contribution in [3.8, 4) is 0 Å². The van der Waals surface area contributed by atoms with Gasteiger partial charge in [-0.3, -0.25) is 0 Å². The maximum absolute atomic E-state index is 13.1. The van der Waals surface area contributed by atoms with Gasteiger partial charge in [-0.2, -0.15) is 0 Å². The van der Waals surface area contributed by atoms with Gasteiger partial charge in [0, 0.05) is 16.5 Å². The largest absolute Gasteiger partial charge is 0.623 e. The molecule has 0 fully saturated rings. The van der Waals surface area contributed by atoms with Gasteiger partial charge in [-0.25, -0.2) is 9.53 Å². The highest BCUT2D eigenvalue weighted by atomic mass is 79.9. The van der Waals surface area contributed by atoms with E-state index in [1.54, 1.807) is 20.8 Å². The summed E-state index contributed by atoms with van der Waals surface area (Å²) in [5.41, 5.74) is 1.85. The van der Waals surface area contributed by atoms with Crippen LogP contribution in [0.1, 0.15) is 37.9 Å². The molecule has 6 nitrogen and oxygen atoms in total. The second kappa shape index (κ2) is 8.69. The Labute approximate surface area is 178 Å². The standard InChI is InChI=1S/C22H24BrN3O3/c1-22(2,3)29-21(27)24-13-18(26(28)14-15-9-5-4-6-10-15)19-16-11-7-8-12-17(16)25-20(19)23/h4-12,14,18,25H,13H2,1-3H3,(H,24,27)/b26-14+. The Bertz CT molecular complexity index is 1020. The number of amides is 1. The molecule has 0 aliphatic rings. The summed E-state index contributed by atoms with van der Waals surface area (Å²) in [6.07, 6.45) is 0.960. The lowest BCUT2D eigenvalue weighted by molar-refractivity contribution is -0.500. The van der Waals surface area contributed by atoms with Crippen LogP contribution in [0.15, 0.2) is 59.2 Å². The molecule has 0 aliphatic heterocycles. The molecule has 2 aromatic carbocycles. The number of carbonyl (C=O) groups excluding carboxylic acids is 1. The van der Waals surface area contributed by atoms with E-state index in [1.165, 1.54) is 6.21 Å². The van der Waals surface area contributed by atoms with Gasteiger partial charge in [-0.15, -0.1) is 0 Å². The van der Waals surface area contributed by atoms with Gasteiger partial charge in [-0.1, -0.05) is 36.4 Å². The predicted molar refractivity (Wildman–Crippen MR) is 118 cm³/mol. The monoisotopic (exact) mass is 457 g/mol. The minimum Gasteiger partial charge on any atom is -0.623 e. The number of H-pyrrole nitrogens is 1. The number of carbonyl (C=O) groups is 1. The molecular weight excluding hydrogens is 434 g/mol. The second-order valence-electron chi connectivity index (χ2n) is 7.70. The summed E-state index contributed by atoms with van der Waals surface area (Å²) in [6.45, 7) is 5.47. The fourth-order valence-electron chi connectivity index (χ4n) is 3.05. The molecule has 0 bridgehead atoms. The fourth-order valence-corrected chi connectivity index (χ4v) is 3.74. The average molecular weight is 458 g/mol. The molecule has 0 saturated carbocycles. The van der Waals surface area contributed by atoms with Crippen LogP contribution in [0, 0.1) is 5.21 Å². The van der Waals surface area contributed by atoms with Crippen LogP contribution >= 0.6 is 15.9 Å². The number of fused-ring (bicyclic) bond motifs is 1. The lowest BCUT2D eigenvalue weighted by Gasteiger charge is -2.22. The number of para-hydroxylation sites is 1. The summed E-state index contributed by atoms with van der Waals surface area (Å²) in [4.78, 5) is 15.4. The number of hydroxylamine groups is 1. The zero-order valence-electron chi connectivity index (χ0n) is 16.6. The van der Waals surface area contributed by atoms with E-state index in [2.05, 4.69) is 26.2 Å². The van der Waals surface area contributed by atoms with Crippen molar-refractivity contribution in [2.45, 2.75) is 32.4 Å². The molecule has 3 rings (SSSR count). The quantitative estimate of drug-likeness (QED) is 0.241.